The maximum absolute atomic E-state index is 12.8. The SMILES string of the molecule is O=Cc1c(F)cc(O)c(Cl)c1F. The van der Waals surface area contributed by atoms with E-state index in [1.165, 1.54) is 0 Å². The molecule has 0 unspecified atom stereocenters. The van der Waals surface area contributed by atoms with Gasteiger partial charge in [0.2, 0.25) is 0 Å². The molecule has 0 aliphatic carbocycles. The van der Waals surface area contributed by atoms with Crippen LogP contribution in [0.3, 0.4) is 0 Å². The van der Waals surface area contributed by atoms with Crippen molar-refractivity contribution in [1.82, 2.24) is 0 Å². The van der Waals surface area contributed by atoms with E-state index in [1.807, 2.05) is 0 Å². The van der Waals surface area contributed by atoms with Gasteiger partial charge in [0.25, 0.3) is 0 Å². The van der Waals surface area contributed by atoms with Gasteiger partial charge in [-0.25, -0.2) is 8.78 Å². The molecule has 0 fully saturated rings. The number of halogens is 3. The van der Waals surface area contributed by atoms with Crippen LogP contribution in [0.1, 0.15) is 10.4 Å². The number of benzene rings is 1. The smallest absolute Gasteiger partial charge is 0.159 e. The lowest BCUT2D eigenvalue weighted by Crippen LogP contribution is -1.94. The van der Waals surface area contributed by atoms with Crippen molar-refractivity contribution in [3.05, 3.63) is 28.3 Å². The summed E-state index contributed by atoms with van der Waals surface area (Å²) in [6.07, 6.45) is -0.00398. The number of hydrogen-bond acceptors (Lipinski definition) is 2. The molecule has 1 N–H and O–H groups in total. The molecule has 0 aliphatic heterocycles. The van der Waals surface area contributed by atoms with E-state index in [9.17, 15) is 13.6 Å². The van der Waals surface area contributed by atoms with Gasteiger partial charge in [-0.05, 0) is 0 Å². The van der Waals surface area contributed by atoms with Crippen LogP contribution >= 0.6 is 11.6 Å². The average Bonchev–Trinajstić information content (AvgIpc) is 2.01. The molecule has 0 aliphatic rings. The zero-order valence-corrected chi connectivity index (χ0v) is 6.40. The van der Waals surface area contributed by atoms with E-state index < -0.39 is 28.0 Å². The summed E-state index contributed by atoms with van der Waals surface area (Å²) < 4.78 is 25.4. The van der Waals surface area contributed by atoms with Gasteiger partial charge < -0.3 is 5.11 Å². The summed E-state index contributed by atoms with van der Waals surface area (Å²) in [5.74, 6) is -3.11. The molecule has 0 radical (unpaired) electrons. The lowest BCUT2D eigenvalue weighted by atomic mass is 10.2. The van der Waals surface area contributed by atoms with Crippen molar-refractivity contribution in [3.8, 4) is 5.75 Å². The molecular weight excluding hydrogens is 190 g/mol. The van der Waals surface area contributed by atoms with E-state index in [0.29, 0.717) is 6.07 Å². The van der Waals surface area contributed by atoms with Gasteiger partial charge >= 0.3 is 0 Å². The van der Waals surface area contributed by atoms with E-state index in [0.717, 1.165) is 0 Å². The Kier molecular flexibility index (Phi) is 2.28. The fraction of sp³-hybridized carbons (Fsp3) is 0. The number of phenolic OH excluding ortho intramolecular Hbond substituents is 1. The molecule has 0 bridgehead atoms. The van der Waals surface area contributed by atoms with Crippen molar-refractivity contribution in [2.75, 3.05) is 0 Å². The molecule has 0 spiro atoms. The number of rotatable bonds is 1. The summed E-state index contributed by atoms with van der Waals surface area (Å²) in [4.78, 5) is 10.1. The van der Waals surface area contributed by atoms with Gasteiger partial charge in [0, 0.05) is 6.07 Å². The van der Waals surface area contributed by atoms with E-state index in [1.54, 1.807) is 0 Å². The van der Waals surface area contributed by atoms with Crippen LogP contribution in [-0.2, 0) is 0 Å². The van der Waals surface area contributed by atoms with Crippen LogP contribution in [0.2, 0.25) is 5.02 Å². The lowest BCUT2D eigenvalue weighted by molar-refractivity contribution is 0.111. The standard InChI is InChI=1S/C7H3ClF2O2/c8-6-5(12)1-4(9)3(2-11)7(6)10/h1-2,12H. The number of phenols is 1. The summed E-state index contributed by atoms with van der Waals surface area (Å²) in [7, 11) is 0. The molecule has 1 aromatic rings. The van der Waals surface area contributed by atoms with Gasteiger partial charge in [0.15, 0.2) is 12.1 Å². The second-order valence-electron chi connectivity index (χ2n) is 2.04. The number of carbonyl (C=O) groups excluding carboxylic acids is 1. The number of aldehydes is 1. The van der Waals surface area contributed by atoms with Gasteiger partial charge in [-0.3, -0.25) is 4.79 Å². The van der Waals surface area contributed by atoms with Crippen molar-refractivity contribution < 1.29 is 18.7 Å². The van der Waals surface area contributed by atoms with Crippen molar-refractivity contribution in [3.63, 3.8) is 0 Å². The Hall–Kier alpha value is -1.16. The molecule has 0 amide bonds. The normalized spacial score (nSPS) is 9.92. The largest absolute Gasteiger partial charge is 0.506 e. The molecule has 12 heavy (non-hydrogen) atoms. The van der Waals surface area contributed by atoms with Gasteiger partial charge in [-0.15, -0.1) is 0 Å². The van der Waals surface area contributed by atoms with Crippen LogP contribution in [0.4, 0.5) is 8.78 Å². The Morgan fingerprint density at radius 1 is 1.50 bits per heavy atom. The third kappa shape index (κ3) is 1.25. The number of hydrogen-bond donors (Lipinski definition) is 1. The zero-order valence-electron chi connectivity index (χ0n) is 5.64. The van der Waals surface area contributed by atoms with Crippen LogP contribution in [-0.4, -0.2) is 11.4 Å². The third-order valence-corrected chi connectivity index (χ3v) is 1.65. The van der Waals surface area contributed by atoms with Crippen molar-refractivity contribution in [2.45, 2.75) is 0 Å². The first-order valence-corrected chi connectivity index (χ1v) is 3.27. The lowest BCUT2D eigenvalue weighted by Gasteiger charge is -2.01. The Morgan fingerprint density at radius 3 is 2.58 bits per heavy atom. The molecule has 0 atom stereocenters. The minimum Gasteiger partial charge on any atom is -0.506 e. The first kappa shape index (κ1) is 8.93. The van der Waals surface area contributed by atoms with Crippen LogP contribution in [0, 0.1) is 11.6 Å². The number of aromatic hydroxyl groups is 1. The topological polar surface area (TPSA) is 37.3 Å². The van der Waals surface area contributed by atoms with Crippen LogP contribution in [0.15, 0.2) is 6.07 Å². The summed E-state index contributed by atoms with van der Waals surface area (Å²) >= 11 is 5.18. The summed E-state index contributed by atoms with van der Waals surface area (Å²) in [6, 6.07) is 0.579. The Balaban J connectivity index is 3.51. The second kappa shape index (κ2) is 3.06. The molecule has 1 aromatic carbocycles. The third-order valence-electron chi connectivity index (χ3n) is 1.29. The molecular formula is C7H3ClF2O2. The minimum atomic E-state index is -1.25. The van der Waals surface area contributed by atoms with Crippen molar-refractivity contribution >= 4 is 17.9 Å². The highest BCUT2D eigenvalue weighted by Crippen LogP contribution is 2.29. The fourth-order valence-corrected chi connectivity index (χ4v) is 0.861. The predicted octanol–water partition coefficient (Wildman–Crippen LogP) is 2.14. The molecule has 0 heterocycles. The van der Waals surface area contributed by atoms with Gasteiger partial charge in [0.05, 0.1) is 5.56 Å². The molecule has 0 saturated heterocycles. The highest BCUT2D eigenvalue weighted by molar-refractivity contribution is 6.32. The Labute approximate surface area is 71.4 Å². The van der Waals surface area contributed by atoms with Crippen molar-refractivity contribution in [2.24, 2.45) is 0 Å². The maximum atomic E-state index is 12.8. The molecule has 0 aromatic heterocycles. The van der Waals surface area contributed by atoms with Crippen LogP contribution in [0.25, 0.3) is 0 Å². The molecule has 1 rings (SSSR count). The second-order valence-corrected chi connectivity index (χ2v) is 2.41. The monoisotopic (exact) mass is 192 g/mol. The zero-order chi connectivity index (χ0) is 9.30. The highest BCUT2D eigenvalue weighted by Gasteiger charge is 2.15. The minimum absolute atomic E-state index is 0.00398. The van der Waals surface area contributed by atoms with E-state index in [-0.39, 0.29) is 6.29 Å². The van der Waals surface area contributed by atoms with Gasteiger partial charge in [-0.1, -0.05) is 11.6 Å². The van der Waals surface area contributed by atoms with E-state index >= 15 is 0 Å². The van der Waals surface area contributed by atoms with E-state index in [2.05, 4.69) is 0 Å². The molecule has 64 valence electrons. The highest BCUT2D eigenvalue weighted by atomic mass is 35.5. The summed E-state index contributed by atoms with van der Waals surface area (Å²) in [5.41, 5.74) is -0.780. The number of carbonyl (C=O) groups is 1. The van der Waals surface area contributed by atoms with Crippen LogP contribution < -0.4 is 0 Å². The predicted molar refractivity (Wildman–Crippen MR) is 38.4 cm³/mol. The Morgan fingerprint density at radius 2 is 2.08 bits per heavy atom. The van der Waals surface area contributed by atoms with Crippen molar-refractivity contribution in [1.29, 1.82) is 0 Å². The molecule has 5 heteroatoms. The Bertz CT molecular complexity index is 339. The average molecular weight is 193 g/mol. The first-order chi connectivity index (χ1) is 5.57. The first-order valence-electron chi connectivity index (χ1n) is 2.89. The van der Waals surface area contributed by atoms with E-state index in [4.69, 9.17) is 16.7 Å². The fourth-order valence-electron chi connectivity index (χ4n) is 0.705. The molecule has 2 nitrogen and oxygen atoms in total. The summed E-state index contributed by atoms with van der Waals surface area (Å²) in [5, 5.41) is 8.12. The quantitative estimate of drug-likeness (QED) is 0.547. The summed E-state index contributed by atoms with van der Waals surface area (Å²) in [6.45, 7) is 0. The van der Waals surface area contributed by atoms with Crippen LogP contribution in [0.5, 0.6) is 5.75 Å². The van der Waals surface area contributed by atoms with Gasteiger partial charge in [-0.2, -0.15) is 0 Å². The van der Waals surface area contributed by atoms with Gasteiger partial charge in [0.1, 0.15) is 16.6 Å². The maximum Gasteiger partial charge on any atom is 0.159 e. The molecule has 0 saturated carbocycles.